The summed E-state index contributed by atoms with van der Waals surface area (Å²) in [5, 5.41) is 9.06. The molecule has 0 bridgehead atoms. The second-order valence-corrected chi connectivity index (χ2v) is 3.90. The first-order valence-electron chi connectivity index (χ1n) is 5.26. The van der Waals surface area contributed by atoms with Gasteiger partial charge in [-0.15, -0.1) is 0 Å². The lowest BCUT2D eigenvalue weighted by molar-refractivity contribution is 0.0698. The molecule has 0 aliphatic carbocycles. The maximum Gasteiger partial charge on any atom is 0.339 e. The van der Waals surface area contributed by atoms with Crippen LogP contribution in [-0.2, 0) is 7.05 Å². The van der Waals surface area contributed by atoms with Crippen molar-refractivity contribution in [2.75, 3.05) is 0 Å². The summed E-state index contributed by atoms with van der Waals surface area (Å²) in [5.74, 6) is -0.719. The maximum atomic E-state index is 11.1. The molecule has 0 saturated carbocycles. The summed E-state index contributed by atoms with van der Waals surface area (Å²) in [5.41, 5.74) is 1.45. The third-order valence-corrected chi connectivity index (χ3v) is 2.57. The number of carboxylic acid groups (broad SMARTS) is 1. The first-order valence-corrected chi connectivity index (χ1v) is 5.26. The van der Waals surface area contributed by atoms with Gasteiger partial charge in [-0.1, -0.05) is 6.07 Å². The quantitative estimate of drug-likeness (QED) is 0.743. The summed E-state index contributed by atoms with van der Waals surface area (Å²) in [4.78, 5) is 19.4. The number of carboxylic acids is 1. The lowest BCUT2D eigenvalue weighted by Crippen LogP contribution is -1.95. The van der Waals surface area contributed by atoms with Gasteiger partial charge >= 0.3 is 5.97 Å². The van der Waals surface area contributed by atoms with Crippen LogP contribution in [0.1, 0.15) is 10.4 Å². The van der Waals surface area contributed by atoms with Crippen molar-refractivity contribution in [3.05, 3.63) is 36.3 Å². The van der Waals surface area contributed by atoms with Gasteiger partial charge in [0.1, 0.15) is 16.8 Å². The summed E-state index contributed by atoms with van der Waals surface area (Å²) in [7, 11) is 1.84. The van der Waals surface area contributed by atoms with Crippen LogP contribution in [0.25, 0.3) is 22.7 Å². The molecule has 0 aliphatic rings. The van der Waals surface area contributed by atoms with E-state index in [0.717, 1.165) is 0 Å². The van der Waals surface area contributed by atoms with Gasteiger partial charge in [-0.25, -0.2) is 14.8 Å². The number of hydrogen-bond donors (Lipinski definition) is 1. The van der Waals surface area contributed by atoms with E-state index in [2.05, 4.69) is 9.97 Å². The third-order valence-electron chi connectivity index (χ3n) is 2.57. The highest BCUT2D eigenvalue weighted by Gasteiger charge is 2.16. The number of para-hydroxylation sites is 1. The second kappa shape index (κ2) is 3.69. The van der Waals surface area contributed by atoms with Crippen LogP contribution >= 0.6 is 0 Å². The predicted octanol–water partition coefficient (Wildman–Crippen LogP) is 1.93. The van der Waals surface area contributed by atoms with Crippen molar-refractivity contribution < 1.29 is 14.3 Å². The van der Waals surface area contributed by atoms with Gasteiger partial charge in [0.05, 0.1) is 6.33 Å². The lowest BCUT2D eigenvalue weighted by Gasteiger charge is -1.92. The molecule has 3 rings (SSSR count). The third kappa shape index (κ3) is 1.55. The highest BCUT2D eigenvalue weighted by Crippen LogP contribution is 2.25. The standard InChI is InChI=1S/C12H9N3O3/c1-15-5-9(13-6-15)11-14-8-4-2-3-7(12(16)17)10(8)18-11/h2-6H,1H3,(H,16,17). The molecule has 1 N–H and O–H groups in total. The number of oxazole rings is 1. The Kier molecular flexibility index (Phi) is 2.16. The number of nitrogens with zero attached hydrogens (tertiary/aromatic N) is 3. The van der Waals surface area contributed by atoms with Crippen LogP contribution in [0.5, 0.6) is 0 Å². The molecule has 0 fully saturated rings. The molecule has 6 heteroatoms. The molecular weight excluding hydrogens is 234 g/mol. The summed E-state index contributed by atoms with van der Waals surface area (Å²) in [6.45, 7) is 0. The van der Waals surface area contributed by atoms with E-state index in [1.807, 2.05) is 7.05 Å². The fourth-order valence-electron chi connectivity index (χ4n) is 1.75. The van der Waals surface area contributed by atoms with Crippen LogP contribution in [0.2, 0.25) is 0 Å². The van der Waals surface area contributed by atoms with Crippen LogP contribution in [0.3, 0.4) is 0 Å². The van der Waals surface area contributed by atoms with Crippen molar-refractivity contribution in [2.45, 2.75) is 0 Å². The van der Waals surface area contributed by atoms with Gasteiger partial charge < -0.3 is 14.1 Å². The minimum atomic E-state index is -1.04. The fourth-order valence-corrected chi connectivity index (χ4v) is 1.75. The number of imidazole rings is 1. The molecule has 2 aromatic heterocycles. The number of benzene rings is 1. The predicted molar refractivity (Wildman–Crippen MR) is 63.2 cm³/mol. The van der Waals surface area contributed by atoms with Crippen LogP contribution in [-0.4, -0.2) is 25.6 Å². The molecule has 0 amide bonds. The molecule has 2 heterocycles. The van der Waals surface area contributed by atoms with Crippen LogP contribution in [0.4, 0.5) is 0 Å². The van der Waals surface area contributed by atoms with Crippen molar-refractivity contribution in [1.82, 2.24) is 14.5 Å². The van der Waals surface area contributed by atoms with Crippen LogP contribution < -0.4 is 0 Å². The van der Waals surface area contributed by atoms with Gasteiger partial charge in [0.15, 0.2) is 5.58 Å². The second-order valence-electron chi connectivity index (χ2n) is 3.90. The number of aryl methyl sites for hydroxylation is 1. The minimum absolute atomic E-state index is 0.0992. The maximum absolute atomic E-state index is 11.1. The molecule has 1 aromatic carbocycles. The summed E-state index contributed by atoms with van der Waals surface area (Å²) in [6.07, 6.45) is 3.38. The molecule has 0 aliphatic heterocycles. The largest absolute Gasteiger partial charge is 0.478 e. The molecule has 0 unspecified atom stereocenters. The Morgan fingerprint density at radius 1 is 1.44 bits per heavy atom. The Morgan fingerprint density at radius 3 is 2.94 bits per heavy atom. The zero-order chi connectivity index (χ0) is 12.7. The van der Waals surface area contributed by atoms with Crippen molar-refractivity contribution >= 4 is 17.1 Å². The van der Waals surface area contributed by atoms with Crippen molar-refractivity contribution in [3.63, 3.8) is 0 Å². The number of fused-ring (bicyclic) bond motifs is 1. The van der Waals surface area contributed by atoms with E-state index >= 15 is 0 Å². The monoisotopic (exact) mass is 243 g/mol. The Bertz CT molecular complexity index is 742. The molecule has 0 radical (unpaired) electrons. The van der Waals surface area contributed by atoms with Crippen molar-refractivity contribution in [1.29, 1.82) is 0 Å². The van der Waals surface area contributed by atoms with E-state index in [0.29, 0.717) is 17.1 Å². The average Bonchev–Trinajstić information content (AvgIpc) is 2.93. The van der Waals surface area contributed by atoms with E-state index in [1.165, 1.54) is 6.07 Å². The van der Waals surface area contributed by atoms with E-state index in [9.17, 15) is 4.79 Å². The van der Waals surface area contributed by atoms with E-state index < -0.39 is 5.97 Å². The topological polar surface area (TPSA) is 81.2 Å². The summed E-state index contributed by atoms with van der Waals surface area (Å²) >= 11 is 0. The fraction of sp³-hybridized carbons (Fsp3) is 0.0833. The average molecular weight is 243 g/mol. The summed E-state index contributed by atoms with van der Waals surface area (Å²) in [6, 6.07) is 4.83. The molecule has 18 heavy (non-hydrogen) atoms. The van der Waals surface area contributed by atoms with E-state index in [1.54, 1.807) is 29.2 Å². The zero-order valence-corrected chi connectivity index (χ0v) is 9.49. The lowest BCUT2D eigenvalue weighted by atomic mass is 10.2. The normalized spacial score (nSPS) is 10.9. The van der Waals surface area contributed by atoms with Crippen molar-refractivity contribution in [2.24, 2.45) is 7.05 Å². The van der Waals surface area contributed by atoms with Gasteiger partial charge in [0, 0.05) is 13.2 Å². The molecule has 0 atom stereocenters. The SMILES string of the molecule is Cn1cnc(-c2nc3cccc(C(=O)O)c3o2)c1. The number of aromatic nitrogens is 3. The highest BCUT2D eigenvalue weighted by atomic mass is 16.4. The van der Waals surface area contributed by atoms with Gasteiger partial charge in [0.25, 0.3) is 0 Å². The number of hydrogen-bond acceptors (Lipinski definition) is 4. The Hall–Kier alpha value is -2.63. The number of aromatic carboxylic acids is 1. The van der Waals surface area contributed by atoms with Gasteiger partial charge in [0.2, 0.25) is 5.89 Å². The van der Waals surface area contributed by atoms with Crippen LogP contribution in [0, 0.1) is 0 Å². The van der Waals surface area contributed by atoms with Crippen LogP contribution in [0.15, 0.2) is 35.1 Å². The van der Waals surface area contributed by atoms with Gasteiger partial charge in [-0.3, -0.25) is 0 Å². The summed E-state index contributed by atoms with van der Waals surface area (Å²) < 4.78 is 7.26. The number of rotatable bonds is 2. The zero-order valence-electron chi connectivity index (χ0n) is 9.49. The number of carbonyl (C=O) groups is 1. The molecule has 0 saturated heterocycles. The Balaban J connectivity index is 2.22. The Morgan fingerprint density at radius 2 is 2.28 bits per heavy atom. The Labute approximate surface area is 102 Å². The van der Waals surface area contributed by atoms with E-state index in [4.69, 9.17) is 9.52 Å². The molecular formula is C12H9N3O3. The van der Waals surface area contributed by atoms with E-state index in [-0.39, 0.29) is 11.1 Å². The van der Waals surface area contributed by atoms with Gasteiger partial charge in [-0.2, -0.15) is 0 Å². The molecule has 6 nitrogen and oxygen atoms in total. The first-order chi connectivity index (χ1) is 8.65. The minimum Gasteiger partial charge on any atom is -0.478 e. The highest BCUT2D eigenvalue weighted by molar-refractivity contribution is 6.00. The smallest absolute Gasteiger partial charge is 0.339 e. The molecule has 90 valence electrons. The molecule has 3 aromatic rings. The van der Waals surface area contributed by atoms with Crippen molar-refractivity contribution in [3.8, 4) is 11.6 Å². The first kappa shape index (κ1) is 10.5. The van der Waals surface area contributed by atoms with Gasteiger partial charge in [-0.05, 0) is 12.1 Å². The molecule has 0 spiro atoms.